The largest absolute Gasteiger partial charge is 0.487 e. The summed E-state index contributed by atoms with van der Waals surface area (Å²) in [5, 5.41) is 1.05. The van der Waals surface area contributed by atoms with Gasteiger partial charge in [0.2, 0.25) is 0 Å². The summed E-state index contributed by atoms with van der Waals surface area (Å²) in [6.45, 7) is 0.384. The second-order valence-corrected chi connectivity index (χ2v) is 6.16. The second kappa shape index (κ2) is 6.76. The number of ether oxygens (including phenoxy) is 1. The van der Waals surface area contributed by atoms with Gasteiger partial charge in [-0.1, -0.05) is 59.7 Å². The van der Waals surface area contributed by atoms with Crippen LogP contribution in [0.2, 0.25) is 10.0 Å². The first-order valence-corrected chi connectivity index (χ1v) is 7.59. The van der Waals surface area contributed by atoms with Gasteiger partial charge in [0.15, 0.2) is 0 Å². The average Bonchev–Trinajstić information content (AvgIpc) is 2.42. The Morgan fingerprint density at radius 2 is 1.80 bits per heavy atom. The average molecular weight is 391 g/mol. The highest BCUT2D eigenvalue weighted by Crippen LogP contribution is 2.34. The fourth-order valence-corrected chi connectivity index (χ4v) is 2.52. The van der Waals surface area contributed by atoms with Crippen molar-refractivity contribution in [2.45, 2.75) is 6.61 Å². The second-order valence-electron chi connectivity index (χ2n) is 4.05. The molecular formula is C14H10BrCl2NOS. The highest BCUT2D eigenvalue weighted by atomic mass is 79.9. The minimum atomic E-state index is 0.375. The number of rotatable bonds is 4. The molecule has 0 spiro atoms. The summed E-state index contributed by atoms with van der Waals surface area (Å²) < 4.78 is 6.39. The number of hydrogen-bond donors (Lipinski definition) is 1. The summed E-state index contributed by atoms with van der Waals surface area (Å²) in [6, 6.07) is 10.9. The molecule has 0 aromatic heterocycles. The van der Waals surface area contributed by atoms with Crippen LogP contribution in [0.25, 0.3) is 0 Å². The van der Waals surface area contributed by atoms with Crippen LogP contribution in [-0.2, 0) is 6.61 Å². The SMILES string of the molecule is NC(=S)c1ccc(COc2cc(Cl)c(Br)cc2Cl)cc1. The van der Waals surface area contributed by atoms with Gasteiger partial charge in [0, 0.05) is 16.1 Å². The van der Waals surface area contributed by atoms with Crippen molar-refractivity contribution in [3.05, 3.63) is 62.0 Å². The first kappa shape index (κ1) is 15.6. The van der Waals surface area contributed by atoms with Gasteiger partial charge in [-0.25, -0.2) is 0 Å². The lowest BCUT2D eigenvalue weighted by atomic mass is 10.1. The van der Waals surface area contributed by atoms with Gasteiger partial charge in [-0.05, 0) is 27.6 Å². The van der Waals surface area contributed by atoms with Gasteiger partial charge in [0.1, 0.15) is 17.3 Å². The van der Waals surface area contributed by atoms with Crippen molar-refractivity contribution in [2.75, 3.05) is 0 Å². The molecule has 6 heteroatoms. The van der Waals surface area contributed by atoms with Crippen molar-refractivity contribution in [2.24, 2.45) is 5.73 Å². The van der Waals surface area contributed by atoms with Crippen molar-refractivity contribution in [3.8, 4) is 5.75 Å². The predicted octanol–water partition coefficient (Wildman–Crippen LogP) is 4.97. The fraction of sp³-hybridized carbons (Fsp3) is 0.0714. The molecule has 0 aliphatic heterocycles. The Hall–Kier alpha value is -0.810. The van der Waals surface area contributed by atoms with Gasteiger partial charge in [-0.15, -0.1) is 0 Å². The Kier molecular flexibility index (Phi) is 5.27. The van der Waals surface area contributed by atoms with E-state index in [-0.39, 0.29) is 0 Å². The molecule has 0 aliphatic rings. The normalized spacial score (nSPS) is 10.3. The summed E-state index contributed by atoms with van der Waals surface area (Å²) in [5.74, 6) is 0.540. The van der Waals surface area contributed by atoms with Gasteiger partial charge in [-0.3, -0.25) is 0 Å². The van der Waals surface area contributed by atoms with Crippen molar-refractivity contribution in [1.82, 2.24) is 0 Å². The quantitative estimate of drug-likeness (QED) is 0.591. The van der Waals surface area contributed by atoms with Gasteiger partial charge < -0.3 is 10.5 Å². The van der Waals surface area contributed by atoms with E-state index in [1.54, 1.807) is 12.1 Å². The molecule has 0 bridgehead atoms. The molecule has 2 rings (SSSR count). The zero-order chi connectivity index (χ0) is 14.7. The lowest BCUT2D eigenvalue weighted by Crippen LogP contribution is -2.09. The van der Waals surface area contributed by atoms with Crippen LogP contribution >= 0.6 is 51.3 Å². The number of nitrogens with two attached hydrogens (primary N) is 1. The van der Waals surface area contributed by atoms with E-state index in [0.29, 0.717) is 27.4 Å². The number of hydrogen-bond acceptors (Lipinski definition) is 2. The van der Waals surface area contributed by atoms with E-state index in [1.165, 1.54) is 0 Å². The molecule has 2 N–H and O–H groups in total. The van der Waals surface area contributed by atoms with E-state index in [0.717, 1.165) is 15.6 Å². The van der Waals surface area contributed by atoms with Gasteiger partial charge in [-0.2, -0.15) is 0 Å². The molecular weight excluding hydrogens is 381 g/mol. The molecule has 0 fully saturated rings. The minimum Gasteiger partial charge on any atom is -0.487 e. The Morgan fingerprint density at radius 1 is 1.15 bits per heavy atom. The topological polar surface area (TPSA) is 35.2 Å². The third-order valence-corrected chi connectivity index (χ3v) is 4.34. The lowest BCUT2D eigenvalue weighted by molar-refractivity contribution is 0.306. The standard InChI is InChI=1S/C14H10BrCl2NOS/c15-10-5-12(17)13(6-11(10)16)19-7-8-1-3-9(4-2-8)14(18)20/h1-6H,7H2,(H2,18,20). The van der Waals surface area contributed by atoms with Crippen molar-refractivity contribution >= 4 is 56.3 Å². The van der Waals surface area contributed by atoms with E-state index < -0.39 is 0 Å². The Balaban J connectivity index is 2.09. The van der Waals surface area contributed by atoms with E-state index in [2.05, 4.69) is 15.9 Å². The zero-order valence-corrected chi connectivity index (χ0v) is 14.1. The van der Waals surface area contributed by atoms with Gasteiger partial charge in [0.25, 0.3) is 0 Å². The van der Waals surface area contributed by atoms with Crippen LogP contribution in [0.5, 0.6) is 5.75 Å². The zero-order valence-electron chi connectivity index (χ0n) is 10.2. The van der Waals surface area contributed by atoms with Gasteiger partial charge >= 0.3 is 0 Å². The molecule has 0 unspecified atom stereocenters. The summed E-state index contributed by atoms with van der Waals surface area (Å²) in [6.07, 6.45) is 0. The molecule has 20 heavy (non-hydrogen) atoms. The first-order valence-electron chi connectivity index (χ1n) is 5.63. The number of benzene rings is 2. The molecule has 2 aromatic rings. The third kappa shape index (κ3) is 3.85. The predicted molar refractivity (Wildman–Crippen MR) is 90.8 cm³/mol. The van der Waals surface area contributed by atoms with E-state index in [1.807, 2.05) is 24.3 Å². The summed E-state index contributed by atoms with van der Waals surface area (Å²) in [7, 11) is 0. The van der Waals surface area contributed by atoms with Crippen LogP contribution < -0.4 is 10.5 Å². The van der Waals surface area contributed by atoms with Crippen molar-refractivity contribution in [3.63, 3.8) is 0 Å². The highest BCUT2D eigenvalue weighted by molar-refractivity contribution is 9.10. The Morgan fingerprint density at radius 3 is 2.40 bits per heavy atom. The number of halogens is 3. The fourth-order valence-electron chi connectivity index (χ4n) is 1.54. The molecule has 0 aliphatic carbocycles. The first-order chi connectivity index (χ1) is 9.47. The third-order valence-electron chi connectivity index (χ3n) is 2.61. The van der Waals surface area contributed by atoms with Crippen LogP contribution in [0.3, 0.4) is 0 Å². The van der Waals surface area contributed by atoms with Crippen LogP contribution in [0, 0.1) is 0 Å². The molecule has 0 heterocycles. The molecule has 0 saturated heterocycles. The van der Waals surface area contributed by atoms with Crippen LogP contribution in [0.15, 0.2) is 40.9 Å². The van der Waals surface area contributed by atoms with E-state index >= 15 is 0 Å². The summed E-state index contributed by atoms with van der Waals surface area (Å²) in [4.78, 5) is 0.375. The summed E-state index contributed by atoms with van der Waals surface area (Å²) in [5.41, 5.74) is 7.36. The molecule has 0 atom stereocenters. The highest BCUT2D eigenvalue weighted by Gasteiger charge is 2.07. The molecule has 104 valence electrons. The summed E-state index contributed by atoms with van der Waals surface area (Å²) >= 11 is 20.3. The van der Waals surface area contributed by atoms with Crippen molar-refractivity contribution < 1.29 is 4.74 Å². The van der Waals surface area contributed by atoms with E-state index in [4.69, 9.17) is 45.9 Å². The van der Waals surface area contributed by atoms with Crippen molar-refractivity contribution in [1.29, 1.82) is 0 Å². The van der Waals surface area contributed by atoms with E-state index in [9.17, 15) is 0 Å². The van der Waals surface area contributed by atoms with Crippen LogP contribution in [0.1, 0.15) is 11.1 Å². The maximum Gasteiger partial charge on any atom is 0.139 e. The minimum absolute atomic E-state index is 0.375. The smallest absolute Gasteiger partial charge is 0.139 e. The number of thiocarbonyl (C=S) groups is 1. The Labute approximate surface area is 141 Å². The maximum atomic E-state index is 6.09. The molecule has 0 amide bonds. The van der Waals surface area contributed by atoms with Crippen LogP contribution in [0.4, 0.5) is 0 Å². The molecule has 2 aromatic carbocycles. The molecule has 0 radical (unpaired) electrons. The monoisotopic (exact) mass is 389 g/mol. The molecule has 0 saturated carbocycles. The molecule has 2 nitrogen and oxygen atoms in total. The lowest BCUT2D eigenvalue weighted by Gasteiger charge is -2.10. The Bertz CT molecular complexity index is 646. The van der Waals surface area contributed by atoms with Gasteiger partial charge in [0.05, 0.1) is 10.0 Å². The maximum absolute atomic E-state index is 6.09. The van der Waals surface area contributed by atoms with Crippen LogP contribution in [-0.4, -0.2) is 4.99 Å².